The van der Waals surface area contributed by atoms with Crippen LogP contribution in [0.5, 0.6) is 0 Å². The lowest BCUT2D eigenvalue weighted by atomic mass is 10.3. The molecule has 2 rings (SSSR count). The molecule has 1 atom stereocenters. The Labute approximate surface area is 159 Å². The molecule has 0 saturated heterocycles. The Morgan fingerprint density at radius 2 is 1.77 bits per heavy atom. The molecule has 26 heavy (non-hydrogen) atoms. The number of hydrogen-bond donors (Lipinski definition) is 0. The summed E-state index contributed by atoms with van der Waals surface area (Å²) in [5.41, 5.74) is -0.290. The third-order valence-electron chi connectivity index (χ3n) is 3.96. The molecule has 0 aliphatic carbocycles. The minimum Gasteiger partial charge on any atom is -0.290 e. The van der Waals surface area contributed by atoms with Crippen LogP contribution in [-0.4, -0.2) is 35.0 Å². The van der Waals surface area contributed by atoms with Crippen LogP contribution in [0.3, 0.4) is 0 Å². The maximum absolute atomic E-state index is 12.8. The average Bonchev–Trinajstić information content (AvgIpc) is 3.07. The van der Waals surface area contributed by atoms with E-state index in [0.717, 1.165) is 29.8 Å². The van der Waals surface area contributed by atoms with Gasteiger partial charge in [-0.05, 0) is 19.3 Å². The molecule has 10 heteroatoms. The van der Waals surface area contributed by atoms with E-state index in [1.165, 1.54) is 15.3 Å². The van der Waals surface area contributed by atoms with Crippen LogP contribution in [0.1, 0.15) is 46.0 Å². The Morgan fingerprint density at radius 3 is 2.38 bits per heavy atom. The zero-order chi connectivity index (χ0) is 19.1. The highest BCUT2D eigenvalue weighted by Gasteiger charge is 2.18. The minimum absolute atomic E-state index is 0.131. The summed E-state index contributed by atoms with van der Waals surface area (Å²) < 4.78 is 21.2. The van der Waals surface area contributed by atoms with Gasteiger partial charge in [0.1, 0.15) is 0 Å². The highest BCUT2D eigenvalue weighted by Crippen LogP contribution is 2.09. The number of rotatable bonds is 11. The fraction of sp³-hybridized carbons (Fsp3) is 0.688. The van der Waals surface area contributed by atoms with E-state index < -0.39 is 16.8 Å². The van der Waals surface area contributed by atoms with Crippen LogP contribution in [0.25, 0.3) is 11.0 Å². The van der Waals surface area contributed by atoms with Gasteiger partial charge in [-0.25, -0.2) is 9.00 Å². The Hall–Kier alpha value is -1.45. The van der Waals surface area contributed by atoms with E-state index in [-0.39, 0.29) is 17.8 Å². The van der Waals surface area contributed by atoms with E-state index in [0.29, 0.717) is 30.9 Å². The Balaban J connectivity index is 2.52. The van der Waals surface area contributed by atoms with Gasteiger partial charge in [0, 0.05) is 19.0 Å². The summed E-state index contributed by atoms with van der Waals surface area (Å²) in [6.45, 7) is 5.06. The minimum atomic E-state index is -1.87. The summed E-state index contributed by atoms with van der Waals surface area (Å²) in [6, 6.07) is 0. The van der Waals surface area contributed by atoms with Crippen molar-refractivity contribution in [2.24, 2.45) is 0 Å². The van der Waals surface area contributed by atoms with Crippen LogP contribution in [0.15, 0.2) is 15.8 Å². The van der Waals surface area contributed by atoms with Gasteiger partial charge in [-0.15, -0.1) is 11.6 Å². The number of halogens is 1. The number of unbranched alkanes of at least 4 members (excludes halogenated alkanes) is 2. The van der Waals surface area contributed by atoms with Crippen molar-refractivity contribution in [3.8, 4) is 0 Å². The van der Waals surface area contributed by atoms with Gasteiger partial charge in [0.2, 0.25) is 0 Å². The quantitative estimate of drug-likeness (QED) is 0.422. The van der Waals surface area contributed by atoms with Crippen molar-refractivity contribution in [3.05, 3.63) is 27.0 Å². The lowest BCUT2D eigenvalue weighted by Gasteiger charge is -2.10. The molecular formula is C16H25ClN4O4S. The molecule has 0 N–H and O–H groups in total. The molecule has 0 aromatic carbocycles. The molecule has 0 amide bonds. The summed E-state index contributed by atoms with van der Waals surface area (Å²) in [4.78, 5) is 25.5. The largest absolute Gasteiger partial charge is 0.331 e. The zero-order valence-corrected chi connectivity index (χ0v) is 16.7. The second-order valence-corrected chi connectivity index (χ2v) is 7.37. The van der Waals surface area contributed by atoms with E-state index in [4.69, 9.17) is 15.8 Å². The predicted octanol–water partition coefficient (Wildman–Crippen LogP) is 2.03. The first-order valence-electron chi connectivity index (χ1n) is 8.89. The average molecular weight is 405 g/mol. The molecule has 2 aromatic heterocycles. The molecule has 0 fully saturated rings. The number of aryl methyl sites for hydroxylation is 1. The van der Waals surface area contributed by atoms with Crippen molar-refractivity contribution in [1.29, 1.82) is 0 Å². The molecule has 0 radical (unpaired) electrons. The molecule has 0 saturated carbocycles. The van der Waals surface area contributed by atoms with Crippen molar-refractivity contribution in [2.45, 2.75) is 59.0 Å². The Kier molecular flexibility index (Phi) is 8.05. The number of alkyl halides is 1. The second-order valence-electron chi connectivity index (χ2n) is 5.95. The summed E-state index contributed by atoms with van der Waals surface area (Å²) in [5.74, 6) is 0.400. The summed E-state index contributed by atoms with van der Waals surface area (Å²) in [5, 5.41) is 4.13. The maximum atomic E-state index is 12.8. The second kappa shape index (κ2) is 10.0. The van der Waals surface area contributed by atoms with Crippen LogP contribution >= 0.6 is 11.6 Å². The van der Waals surface area contributed by atoms with Crippen molar-refractivity contribution in [2.75, 3.05) is 12.5 Å². The van der Waals surface area contributed by atoms with Gasteiger partial charge in [0.25, 0.3) is 16.8 Å². The van der Waals surface area contributed by atoms with Crippen molar-refractivity contribution < 1.29 is 8.39 Å². The topological polar surface area (TPSA) is 88.1 Å². The monoisotopic (exact) mass is 404 g/mol. The molecule has 2 heterocycles. The summed E-state index contributed by atoms with van der Waals surface area (Å²) >= 11 is 3.70. The van der Waals surface area contributed by atoms with Gasteiger partial charge < -0.3 is 0 Å². The fourth-order valence-electron chi connectivity index (χ4n) is 2.52. The van der Waals surface area contributed by atoms with Crippen LogP contribution in [0.4, 0.5) is 0 Å². The molecule has 0 bridgehead atoms. The normalized spacial score (nSPS) is 12.7. The van der Waals surface area contributed by atoms with E-state index in [2.05, 4.69) is 5.10 Å². The molecule has 0 aliphatic heterocycles. The van der Waals surface area contributed by atoms with Gasteiger partial charge in [-0.3, -0.25) is 18.1 Å². The fourth-order valence-corrected chi connectivity index (χ4v) is 3.33. The third kappa shape index (κ3) is 4.63. The van der Waals surface area contributed by atoms with Crippen molar-refractivity contribution in [1.82, 2.24) is 18.3 Å². The smallest absolute Gasteiger partial charge is 0.290 e. The SMILES string of the molecule is CCCCn1c(=O)c2nn(S(=O)OCCCCl)cc2n(CCCC)c1=O. The standard InChI is InChI=1S/C16H25ClN4O4S/c1-3-5-9-19-13-12-21(26(24)25-11-7-8-17)18-14(13)15(22)20(16(19)23)10-6-4-2/h12H,3-11H2,1-2H3. The molecule has 0 aliphatic rings. The molecular weight excluding hydrogens is 380 g/mol. The van der Waals surface area contributed by atoms with E-state index in [1.54, 1.807) is 0 Å². The van der Waals surface area contributed by atoms with Gasteiger partial charge in [-0.2, -0.15) is 9.19 Å². The first-order valence-corrected chi connectivity index (χ1v) is 10.5. The molecule has 0 spiro atoms. The molecule has 8 nitrogen and oxygen atoms in total. The van der Waals surface area contributed by atoms with Crippen molar-refractivity contribution >= 4 is 33.9 Å². The van der Waals surface area contributed by atoms with Crippen molar-refractivity contribution in [3.63, 3.8) is 0 Å². The molecule has 1 unspecified atom stereocenters. The zero-order valence-electron chi connectivity index (χ0n) is 15.1. The number of aromatic nitrogens is 4. The van der Waals surface area contributed by atoms with Gasteiger partial charge >= 0.3 is 5.69 Å². The number of fused-ring (bicyclic) bond motifs is 1. The van der Waals surface area contributed by atoms with Gasteiger partial charge in [-0.1, -0.05) is 26.7 Å². The van der Waals surface area contributed by atoms with Crippen LogP contribution < -0.4 is 11.2 Å². The lowest BCUT2D eigenvalue weighted by molar-refractivity contribution is 0.342. The third-order valence-corrected chi connectivity index (χ3v) is 5.09. The first kappa shape index (κ1) is 20.9. The van der Waals surface area contributed by atoms with E-state index in [9.17, 15) is 13.8 Å². The van der Waals surface area contributed by atoms with Crippen LogP contribution in [-0.2, 0) is 28.5 Å². The highest BCUT2D eigenvalue weighted by molar-refractivity contribution is 7.78. The number of hydrogen-bond acceptors (Lipinski definition) is 5. The van der Waals surface area contributed by atoms with Crippen LogP contribution in [0.2, 0.25) is 0 Å². The van der Waals surface area contributed by atoms with E-state index in [1.807, 2.05) is 13.8 Å². The number of nitrogens with zero attached hydrogens (tertiary/aromatic N) is 4. The highest BCUT2D eigenvalue weighted by atomic mass is 35.5. The van der Waals surface area contributed by atoms with E-state index >= 15 is 0 Å². The van der Waals surface area contributed by atoms with Gasteiger partial charge in [0.05, 0.1) is 18.3 Å². The summed E-state index contributed by atoms with van der Waals surface area (Å²) in [6.07, 6.45) is 5.29. The maximum Gasteiger partial charge on any atom is 0.331 e. The molecule has 2 aromatic rings. The molecule has 146 valence electrons. The predicted molar refractivity (Wildman–Crippen MR) is 103 cm³/mol. The van der Waals surface area contributed by atoms with Gasteiger partial charge in [0.15, 0.2) is 5.52 Å². The summed E-state index contributed by atoms with van der Waals surface area (Å²) in [7, 11) is 0. The van der Waals surface area contributed by atoms with Crippen LogP contribution in [0, 0.1) is 0 Å². The Bertz CT molecular complexity index is 873. The Morgan fingerprint density at radius 1 is 1.12 bits per heavy atom. The first-order chi connectivity index (χ1) is 12.5. The lowest BCUT2D eigenvalue weighted by Crippen LogP contribution is -2.40.